The van der Waals surface area contributed by atoms with Crippen LogP contribution >= 0.6 is 0 Å². The Hall–Kier alpha value is -1.90. The lowest BCUT2D eigenvalue weighted by Gasteiger charge is -2.09. The molecule has 0 spiro atoms. The number of nitrogens with one attached hydrogen (secondary N) is 1. The summed E-state index contributed by atoms with van der Waals surface area (Å²) in [5.41, 5.74) is 2.93. The maximum Gasteiger partial charge on any atom is 0.125 e. The van der Waals surface area contributed by atoms with Gasteiger partial charge in [0.05, 0.1) is 0 Å². The highest BCUT2D eigenvalue weighted by molar-refractivity contribution is 5.50. The summed E-state index contributed by atoms with van der Waals surface area (Å²) in [6, 6.07) is 10.6. The number of anilines is 1. The lowest BCUT2D eigenvalue weighted by atomic mass is 10.2. The standard InChI is InChI=1S/C14H15FN2/c1-11-5-6-12(15)10-14(11)17-9-7-13-4-2-3-8-16-13/h2-6,8,10,17H,7,9H2,1H3. The van der Waals surface area contributed by atoms with Gasteiger partial charge >= 0.3 is 0 Å². The molecule has 0 bridgehead atoms. The second-order valence-corrected chi connectivity index (χ2v) is 3.96. The molecule has 0 aliphatic heterocycles. The van der Waals surface area contributed by atoms with Crippen molar-refractivity contribution in [2.24, 2.45) is 0 Å². The maximum absolute atomic E-state index is 13.0. The number of pyridine rings is 1. The van der Waals surface area contributed by atoms with Crippen LogP contribution in [0.3, 0.4) is 0 Å². The van der Waals surface area contributed by atoms with E-state index in [4.69, 9.17) is 0 Å². The van der Waals surface area contributed by atoms with Gasteiger partial charge in [0.1, 0.15) is 5.82 Å². The van der Waals surface area contributed by atoms with Gasteiger partial charge in [0.25, 0.3) is 0 Å². The van der Waals surface area contributed by atoms with E-state index in [9.17, 15) is 4.39 Å². The van der Waals surface area contributed by atoms with Gasteiger partial charge in [-0.05, 0) is 36.8 Å². The van der Waals surface area contributed by atoms with Gasteiger partial charge in [-0.15, -0.1) is 0 Å². The average Bonchev–Trinajstić information content (AvgIpc) is 2.35. The SMILES string of the molecule is Cc1ccc(F)cc1NCCc1ccccn1. The molecule has 1 N–H and O–H groups in total. The van der Waals surface area contributed by atoms with Gasteiger partial charge in [-0.25, -0.2) is 4.39 Å². The molecule has 0 amide bonds. The molecule has 0 radical (unpaired) electrons. The fourth-order valence-corrected chi connectivity index (χ4v) is 1.66. The van der Waals surface area contributed by atoms with Crippen LogP contribution in [-0.4, -0.2) is 11.5 Å². The molecule has 88 valence electrons. The van der Waals surface area contributed by atoms with Crippen molar-refractivity contribution < 1.29 is 4.39 Å². The van der Waals surface area contributed by atoms with Crippen LogP contribution < -0.4 is 5.32 Å². The number of rotatable bonds is 4. The zero-order valence-electron chi connectivity index (χ0n) is 9.78. The van der Waals surface area contributed by atoms with E-state index < -0.39 is 0 Å². The first-order chi connectivity index (χ1) is 8.25. The summed E-state index contributed by atoms with van der Waals surface area (Å²) >= 11 is 0. The highest BCUT2D eigenvalue weighted by atomic mass is 19.1. The molecule has 2 rings (SSSR count). The molecule has 2 nitrogen and oxygen atoms in total. The molecular weight excluding hydrogens is 215 g/mol. The van der Waals surface area contributed by atoms with Crippen molar-refractivity contribution in [1.82, 2.24) is 4.98 Å². The van der Waals surface area contributed by atoms with Crippen LogP contribution in [0.4, 0.5) is 10.1 Å². The highest BCUT2D eigenvalue weighted by Gasteiger charge is 2.00. The van der Waals surface area contributed by atoms with Crippen molar-refractivity contribution in [3.05, 3.63) is 59.7 Å². The molecule has 3 heteroatoms. The van der Waals surface area contributed by atoms with Crippen LogP contribution in [0.2, 0.25) is 0 Å². The van der Waals surface area contributed by atoms with E-state index in [2.05, 4.69) is 10.3 Å². The van der Waals surface area contributed by atoms with Crippen LogP contribution in [0.15, 0.2) is 42.6 Å². The minimum absolute atomic E-state index is 0.212. The van der Waals surface area contributed by atoms with E-state index in [0.29, 0.717) is 0 Å². The van der Waals surface area contributed by atoms with Crippen molar-refractivity contribution in [1.29, 1.82) is 0 Å². The summed E-state index contributed by atoms with van der Waals surface area (Å²) < 4.78 is 13.0. The summed E-state index contributed by atoms with van der Waals surface area (Å²) in [6.45, 7) is 2.71. The Labute approximate surface area is 101 Å². The van der Waals surface area contributed by atoms with Crippen LogP contribution in [0.25, 0.3) is 0 Å². The first kappa shape index (κ1) is 11.6. The topological polar surface area (TPSA) is 24.9 Å². The number of halogens is 1. The van der Waals surface area contributed by atoms with Crippen LogP contribution in [0.5, 0.6) is 0 Å². The summed E-state index contributed by atoms with van der Waals surface area (Å²) in [7, 11) is 0. The summed E-state index contributed by atoms with van der Waals surface area (Å²) in [4.78, 5) is 4.24. The fraction of sp³-hybridized carbons (Fsp3) is 0.214. The minimum Gasteiger partial charge on any atom is -0.384 e. The smallest absolute Gasteiger partial charge is 0.125 e. The predicted molar refractivity (Wildman–Crippen MR) is 67.6 cm³/mol. The second-order valence-electron chi connectivity index (χ2n) is 3.96. The third kappa shape index (κ3) is 3.28. The Kier molecular flexibility index (Phi) is 3.70. The molecule has 2 aromatic rings. The Balaban J connectivity index is 1.92. The van der Waals surface area contributed by atoms with Crippen LogP contribution in [-0.2, 0) is 6.42 Å². The average molecular weight is 230 g/mol. The predicted octanol–water partition coefficient (Wildman–Crippen LogP) is 3.18. The fourth-order valence-electron chi connectivity index (χ4n) is 1.66. The van der Waals surface area contributed by atoms with Gasteiger partial charge in [0.15, 0.2) is 0 Å². The third-order valence-corrected chi connectivity index (χ3v) is 2.62. The van der Waals surface area contributed by atoms with E-state index in [1.165, 1.54) is 12.1 Å². The van der Waals surface area contributed by atoms with E-state index in [-0.39, 0.29) is 5.82 Å². The number of aromatic nitrogens is 1. The van der Waals surface area contributed by atoms with Crippen LogP contribution in [0, 0.1) is 12.7 Å². The Morgan fingerprint density at radius 3 is 2.88 bits per heavy atom. The Bertz CT molecular complexity index is 483. The van der Waals surface area contributed by atoms with Crippen molar-refractivity contribution in [3.63, 3.8) is 0 Å². The first-order valence-corrected chi connectivity index (χ1v) is 5.65. The van der Waals surface area contributed by atoms with Gasteiger partial charge in [-0.3, -0.25) is 4.98 Å². The summed E-state index contributed by atoms with van der Waals surface area (Å²) in [5, 5.41) is 3.22. The number of hydrogen-bond donors (Lipinski definition) is 1. The number of aryl methyl sites for hydroxylation is 1. The molecule has 0 aliphatic carbocycles. The van der Waals surface area contributed by atoms with Crippen molar-refractivity contribution in [3.8, 4) is 0 Å². The van der Waals surface area contributed by atoms with E-state index in [0.717, 1.165) is 29.9 Å². The third-order valence-electron chi connectivity index (χ3n) is 2.62. The van der Waals surface area contributed by atoms with Gasteiger partial charge in [-0.2, -0.15) is 0 Å². The van der Waals surface area contributed by atoms with Gasteiger partial charge < -0.3 is 5.32 Å². The number of nitrogens with zero attached hydrogens (tertiary/aromatic N) is 1. The minimum atomic E-state index is -0.212. The van der Waals surface area contributed by atoms with Crippen molar-refractivity contribution in [2.45, 2.75) is 13.3 Å². The molecule has 0 atom stereocenters. The van der Waals surface area contributed by atoms with Gasteiger partial charge in [-0.1, -0.05) is 12.1 Å². The maximum atomic E-state index is 13.0. The molecule has 17 heavy (non-hydrogen) atoms. The number of hydrogen-bond acceptors (Lipinski definition) is 2. The summed E-state index contributed by atoms with van der Waals surface area (Å²) in [5.74, 6) is -0.212. The Morgan fingerprint density at radius 2 is 2.12 bits per heavy atom. The number of benzene rings is 1. The van der Waals surface area contributed by atoms with Crippen LogP contribution in [0.1, 0.15) is 11.3 Å². The molecule has 1 aromatic heterocycles. The lowest BCUT2D eigenvalue weighted by Crippen LogP contribution is -2.07. The molecule has 0 saturated carbocycles. The Morgan fingerprint density at radius 1 is 1.24 bits per heavy atom. The molecule has 1 heterocycles. The quantitative estimate of drug-likeness (QED) is 0.872. The molecular formula is C14H15FN2. The summed E-state index contributed by atoms with van der Waals surface area (Å²) in [6.07, 6.45) is 2.61. The molecule has 1 aromatic carbocycles. The zero-order chi connectivity index (χ0) is 12.1. The van der Waals surface area contributed by atoms with E-state index in [1.54, 1.807) is 12.3 Å². The highest BCUT2D eigenvalue weighted by Crippen LogP contribution is 2.15. The van der Waals surface area contributed by atoms with Crippen molar-refractivity contribution >= 4 is 5.69 Å². The largest absolute Gasteiger partial charge is 0.384 e. The molecule has 0 saturated heterocycles. The van der Waals surface area contributed by atoms with Crippen molar-refractivity contribution in [2.75, 3.05) is 11.9 Å². The van der Waals surface area contributed by atoms with Gasteiger partial charge in [0, 0.05) is 30.5 Å². The van der Waals surface area contributed by atoms with Gasteiger partial charge in [0.2, 0.25) is 0 Å². The van der Waals surface area contributed by atoms with E-state index >= 15 is 0 Å². The first-order valence-electron chi connectivity index (χ1n) is 5.65. The zero-order valence-corrected chi connectivity index (χ0v) is 9.78. The lowest BCUT2D eigenvalue weighted by molar-refractivity contribution is 0.628. The molecule has 0 fully saturated rings. The monoisotopic (exact) mass is 230 g/mol. The molecule has 0 aliphatic rings. The second kappa shape index (κ2) is 5.43. The van der Waals surface area contributed by atoms with E-state index in [1.807, 2.05) is 25.1 Å². The molecule has 0 unspecified atom stereocenters. The normalized spacial score (nSPS) is 10.2.